The number of nitrogens with zero attached hydrogens (tertiary/aromatic N) is 1. The monoisotopic (exact) mass is 1010 g/mol. The maximum absolute atomic E-state index is 14.8. The van der Waals surface area contributed by atoms with Gasteiger partial charge in [0.15, 0.2) is 0 Å². The second-order valence-corrected chi connectivity index (χ2v) is 25.2. The average molecular weight is 1020 g/mol. The van der Waals surface area contributed by atoms with Crippen LogP contribution in [-0.2, 0) is 20.0 Å². The van der Waals surface area contributed by atoms with Crippen molar-refractivity contribution in [3.05, 3.63) is 118 Å². The highest BCUT2D eigenvalue weighted by molar-refractivity contribution is 7.99. The number of sulfonamides is 2. The summed E-state index contributed by atoms with van der Waals surface area (Å²) in [6.07, 6.45) is 0. The van der Waals surface area contributed by atoms with Crippen LogP contribution in [0.2, 0.25) is 0 Å². The molecule has 1 aliphatic heterocycles. The van der Waals surface area contributed by atoms with E-state index in [4.69, 9.17) is 9.05 Å². The highest BCUT2D eigenvalue weighted by Gasteiger charge is 2.55. The van der Waals surface area contributed by atoms with Crippen LogP contribution in [0.5, 0.6) is 11.5 Å². The molecule has 69 heavy (non-hydrogen) atoms. The lowest BCUT2D eigenvalue weighted by atomic mass is 9.78. The summed E-state index contributed by atoms with van der Waals surface area (Å²) in [5, 5.41) is 1.92. The Kier molecular flexibility index (Phi) is 13.8. The predicted molar refractivity (Wildman–Crippen MR) is 266 cm³/mol. The Morgan fingerprint density at radius 1 is 0.478 bits per heavy atom. The molecule has 0 unspecified atom stereocenters. The normalized spacial score (nSPS) is 14.5. The number of benzene rings is 6. The fraction of sp³-hybridized carbons (Fsp3) is 0.385. The summed E-state index contributed by atoms with van der Waals surface area (Å²) >= 11 is 0. The van der Waals surface area contributed by atoms with Gasteiger partial charge in [-0.1, -0.05) is 160 Å². The third-order valence-electron chi connectivity index (χ3n) is 12.5. The highest BCUT2D eigenvalue weighted by Crippen LogP contribution is 2.65. The third-order valence-corrected chi connectivity index (χ3v) is 18.2. The number of nitrogens with one attached hydrogen (secondary N) is 1. The Labute approximate surface area is 401 Å². The van der Waals surface area contributed by atoms with Crippen LogP contribution in [0.1, 0.15) is 152 Å². The van der Waals surface area contributed by atoms with E-state index in [0.717, 1.165) is 33.4 Å². The van der Waals surface area contributed by atoms with Crippen molar-refractivity contribution >= 4 is 49.3 Å². The van der Waals surface area contributed by atoms with Gasteiger partial charge in [-0.3, -0.25) is 0 Å². The van der Waals surface area contributed by atoms with Crippen LogP contribution in [0.4, 0.5) is 26.3 Å². The molecule has 0 saturated carbocycles. The summed E-state index contributed by atoms with van der Waals surface area (Å²) in [5.41, 5.74) is -6.08. The lowest BCUT2D eigenvalue weighted by Gasteiger charge is -2.29. The van der Waals surface area contributed by atoms with E-state index in [0.29, 0.717) is 32.7 Å². The molecular weight excluding hydrogens is 958 g/mol. The molecule has 0 saturated heterocycles. The minimum Gasteiger partial charge on any atom is -0.416 e. The molecule has 0 radical (unpaired) electrons. The van der Waals surface area contributed by atoms with Crippen molar-refractivity contribution < 1.29 is 52.2 Å². The van der Waals surface area contributed by atoms with Crippen molar-refractivity contribution in [3.8, 4) is 44.9 Å². The molecule has 0 amide bonds. The van der Waals surface area contributed by atoms with E-state index < -0.39 is 50.2 Å². The molecular formula is C52H57F6N2O6PS2. The Hall–Kier alpha value is -4.89. The first-order chi connectivity index (χ1) is 31.9. The SMILES string of the molecule is CC(C)c1cc(C(C)C)c(-c2cc3ccccc3c3c2OP(=NS(=O)(=O)C(F)(F)F)(NS(=O)(=O)C(F)(F)F)Oc2c(-c4c(C(C)C)cc(C(C)C)cc4C(C)C)cc4ccccc4c2-3)c(C(C)C)c1. The number of hydrogen-bond donors (Lipinski definition) is 1. The molecule has 370 valence electrons. The summed E-state index contributed by atoms with van der Waals surface area (Å²) in [5.74, 6) is -1.75. The molecule has 0 atom stereocenters. The molecule has 6 aromatic carbocycles. The molecule has 0 aliphatic carbocycles. The van der Waals surface area contributed by atoms with E-state index in [1.54, 1.807) is 60.7 Å². The molecule has 0 aromatic heterocycles. The van der Waals surface area contributed by atoms with Crippen molar-refractivity contribution in [2.24, 2.45) is 4.15 Å². The summed E-state index contributed by atoms with van der Waals surface area (Å²) in [7, 11) is -20.0. The maximum atomic E-state index is 14.8. The second-order valence-electron chi connectivity index (χ2n) is 19.5. The van der Waals surface area contributed by atoms with E-state index in [2.05, 4.69) is 4.15 Å². The Morgan fingerprint density at radius 3 is 1.10 bits per heavy atom. The van der Waals surface area contributed by atoms with Gasteiger partial charge in [-0.05, 0) is 114 Å². The molecule has 1 heterocycles. The zero-order valence-electron chi connectivity index (χ0n) is 40.5. The molecule has 0 spiro atoms. The Balaban J connectivity index is 1.88. The Bertz CT molecular complexity index is 3080. The van der Waals surface area contributed by atoms with E-state index >= 15 is 0 Å². The fourth-order valence-corrected chi connectivity index (χ4v) is 14.0. The van der Waals surface area contributed by atoms with Gasteiger partial charge < -0.3 is 9.05 Å². The van der Waals surface area contributed by atoms with Crippen LogP contribution < -0.4 is 13.5 Å². The molecule has 1 aliphatic rings. The van der Waals surface area contributed by atoms with Crippen molar-refractivity contribution in [1.82, 2.24) is 4.49 Å². The fourth-order valence-electron chi connectivity index (χ4n) is 8.99. The van der Waals surface area contributed by atoms with Gasteiger partial charge >= 0.3 is 38.7 Å². The minimum atomic E-state index is -6.92. The average Bonchev–Trinajstić information content (AvgIpc) is 3.38. The topological polar surface area (TPSA) is 111 Å². The van der Waals surface area contributed by atoms with Gasteiger partial charge in [0.1, 0.15) is 11.5 Å². The zero-order valence-corrected chi connectivity index (χ0v) is 43.0. The molecule has 17 heteroatoms. The van der Waals surface area contributed by atoms with E-state index in [9.17, 15) is 43.2 Å². The maximum Gasteiger partial charge on any atom is 0.518 e. The largest absolute Gasteiger partial charge is 0.518 e. The van der Waals surface area contributed by atoms with Gasteiger partial charge in [0.2, 0.25) is 0 Å². The second kappa shape index (κ2) is 18.4. The summed E-state index contributed by atoms with van der Waals surface area (Å²) in [6, 6.07) is 25.3. The van der Waals surface area contributed by atoms with Gasteiger partial charge in [-0.15, -0.1) is 4.49 Å². The van der Waals surface area contributed by atoms with E-state index in [1.165, 1.54) is 4.49 Å². The lowest BCUT2D eigenvalue weighted by Crippen LogP contribution is -2.37. The first-order valence-electron chi connectivity index (χ1n) is 22.8. The van der Waals surface area contributed by atoms with Crippen LogP contribution in [-0.4, -0.2) is 27.9 Å². The standard InChI is InChI=1S/C52H57F6N2O6PS2/c1-27(2)35-23-39(29(5)6)45(40(24-35)30(7)8)43-21-33-17-13-15-19-37(33)47-48-38-20-16-14-18-34(38)22-44(46-41(31(9)10)25-36(28(3)4)26-42(46)32(11)12)50(48)66-67(65-49(43)47,59-68(61,62)51(53,54)55)60-69(63,64)52(56,57)58/h13-32,59H,1-12H3. The molecule has 7 rings (SSSR count). The molecule has 0 fully saturated rings. The number of halogens is 6. The Morgan fingerprint density at radius 2 is 0.812 bits per heavy atom. The summed E-state index contributed by atoms with van der Waals surface area (Å²) in [6.45, 7) is 23.6. The van der Waals surface area contributed by atoms with Crippen LogP contribution in [0.3, 0.4) is 0 Å². The van der Waals surface area contributed by atoms with Gasteiger partial charge in [0, 0.05) is 22.3 Å². The summed E-state index contributed by atoms with van der Waals surface area (Å²) in [4.78, 5) is 0. The molecule has 0 bridgehead atoms. The quantitative estimate of drug-likeness (QED) is 0.102. The smallest absolute Gasteiger partial charge is 0.416 e. The van der Waals surface area contributed by atoms with Gasteiger partial charge in [0.05, 0.1) is 0 Å². The first-order valence-corrected chi connectivity index (χ1v) is 27.3. The van der Waals surface area contributed by atoms with Gasteiger partial charge in [-0.2, -0.15) is 34.8 Å². The van der Waals surface area contributed by atoms with E-state index in [-0.39, 0.29) is 57.8 Å². The van der Waals surface area contributed by atoms with Crippen molar-refractivity contribution in [1.29, 1.82) is 0 Å². The lowest BCUT2D eigenvalue weighted by molar-refractivity contribution is -0.0443. The summed E-state index contributed by atoms with van der Waals surface area (Å²) < 4.78 is 161. The highest BCUT2D eigenvalue weighted by atomic mass is 32.2. The van der Waals surface area contributed by atoms with Crippen molar-refractivity contribution in [2.45, 2.75) is 130 Å². The number of hydrogen-bond acceptors (Lipinski definition) is 6. The predicted octanol–water partition coefficient (Wildman–Crippen LogP) is 16.7. The molecule has 1 N–H and O–H groups in total. The van der Waals surface area contributed by atoms with Gasteiger partial charge in [-0.25, -0.2) is 8.42 Å². The molecule has 8 nitrogen and oxygen atoms in total. The first kappa shape index (κ1) is 51.9. The number of fused-ring (bicyclic) bond motifs is 7. The van der Waals surface area contributed by atoms with Crippen LogP contribution in [0.25, 0.3) is 54.9 Å². The molecule has 6 aromatic rings. The number of alkyl halides is 6. The van der Waals surface area contributed by atoms with Crippen molar-refractivity contribution in [2.75, 3.05) is 0 Å². The van der Waals surface area contributed by atoms with Crippen molar-refractivity contribution in [3.63, 3.8) is 0 Å². The third kappa shape index (κ3) is 9.55. The minimum absolute atomic E-state index is 0.0341. The number of rotatable bonds is 11. The zero-order chi connectivity index (χ0) is 51.1. The van der Waals surface area contributed by atoms with Crippen LogP contribution >= 0.6 is 7.66 Å². The van der Waals surface area contributed by atoms with Crippen LogP contribution in [0, 0.1) is 0 Å². The van der Waals surface area contributed by atoms with E-state index in [1.807, 2.05) is 107 Å². The van der Waals surface area contributed by atoms with Gasteiger partial charge in [0.25, 0.3) is 0 Å². The van der Waals surface area contributed by atoms with Crippen LogP contribution in [0.15, 0.2) is 89.1 Å².